The number of allylic oxidation sites excluding steroid dienone is 1. The molecule has 0 spiro atoms. The van der Waals surface area contributed by atoms with Gasteiger partial charge in [-0.1, -0.05) is 18.2 Å². The predicted molar refractivity (Wildman–Crippen MR) is 95.7 cm³/mol. The summed E-state index contributed by atoms with van der Waals surface area (Å²) < 4.78 is 0. The average molecular weight is 316 g/mol. The molecule has 0 radical (unpaired) electrons. The van der Waals surface area contributed by atoms with Gasteiger partial charge in [0.1, 0.15) is 0 Å². The number of hydroxylamine groups is 1. The molecule has 0 amide bonds. The molecule has 1 saturated carbocycles. The quantitative estimate of drug-likeness (QED) is 0.352. The Morgan fingerprint density at radius 1 is 1.39 bits per heavy atom. The zero-order valence-corrected chi connectivity index (χ0v) is 14.1. The Morgan fingerprint density at radius 3 is 2.78 bits per heavy atom. The highest BCUT2D eigenvalue weighted by molar-refractivity contribution is 5.97. The minimum Gasteiger partial charge on any atom is -0.401 e. The van der Waals surface area contributed by atoms with Gasteiger partial charge in [0.2, 0.25) is 0 Å². The number of nitrogens with zero attached hydrogens (tertiary/aromatic N) is 1. The van der Waals surface area contributed by atoms with Crippen LogP contribution in [0.3, 0.4) is 0 Å². The smallest absolute Gasteiger partial charge is 0.0632 e. The summed E-state index contributed by atoms with van der Waals surface area (Å²) in [4.78, 5) is 9.61. The fourth-order valence-corrected chi connectivity index (χ4v) is 2.29. The van der Waals surface area contributed by atoms with Crippen LogP contribution in [-0.4, -0.2) is 31.4 Å². The van der Waals surface area contributed by atoms with Crippen molar-refractivity contribution in [2.24, 2.45) is 10.7 Å². The normalized spacial score (nSPS) is 17.3. The second kappa shape index (κ2) is 9.45. The van der Waals surface area contributed by atoms with E-state index in [2.05, 4.69) is 17.7 Å². The maximum Gasteiger partial charge on any atom is 0.0632 e. The van der Waals surface area contributed by atoms with E-state index >= 15 is 0 Å². The molecule has 1 atom stereocenters. The van der Waals surface area contributed by atoms with E-state index in [9.17, 15) is 0 Å². The SMILES string of the molecule is CONCCCC(C=C(N)[C@@H](C)NC1CC1)=Nc1ccccc1. The van der Waals surface area contributed by atoms with Crippen molar-refractivity contribution < 1.29 is 4.84 Å². The molecule has 0 unspecified atom stereocenters. The number of hydrogen-bond acceptors (Lipinski definition) is 5. The third-order valence-corrected chi connectivity index (χ3v) is 3.78. The van der Waals surface area contributed by atoms with Gasteiger partial charge in [-0.2, -0.15) is 0 Å². The highest BCUT2D eigenvalue weighted by atomic mass is 16.6. The Hall–Kier alpha value is -1.69. The fraction of sp³-hybridized carbons (Fsp3) is 0.500. The van der Waals surface area contributed by atoms with Crippen LogP contribution >= 0.6 is 0 Å². The third kappa shape index (κ3) is 6.95. The molecule has 0 aliphatic heterocycles. The molecule has 0 saturated heterocycles. The maximum atomic E-state index is 6.26. The van der Waals surface area contributed by atoms with Crippen LogP contribution in [0.1, 0.15) is 32.6 Å². The Morgan fingerprint density at radius 2 is 2.13 bits per heavy atom. The second-order valence-corrected chi connectivity index (χ2v) is 5.95. The number of benzene rings is 1. The predicted octanol–water partition coefficient (Wildman–Crippen LogP) is 2.67. The molecular weight excluding hydrogens is 288 g/mol. The van der Waals surface area contributed by atoms with Gasteiger partial charge in [-0.3, -0.25) is 4.99 Å². The van der Waals surface area contributed by atoms with Crippen molar-refractivity contribution in [2.75, 3.05) is 13.7 Å². The van der Waals surface area contributed by atoms with Gasteiger partial charge in [-0.25, -0.2) is 5.48 Å². The topological polar surface area (TPSA) is 71.7 Å². The Bertz CT molecular complexity index is 523. The summed E-state index contributed by atoms with van der Waals surface area (Å²) in [5.74, 6) is 0. The first kappa shape index (κ1) is 17.7. The van der Waals surface area contributed by atoms with E-state index in [-0.39, 0.29) is 6.04 Å². The highest BCUT2D eigenvalue weighted by Gasteiger charge is 2.23. The van der Waals surface area contributed by atoms with Gasteiger partial charge in [0.25, 0.3) is 0 Å². The minimum absolute atomic E-state index is 0.181. The first-order chi connectivity index (χ1) is 11.2. The number of rotatable bonds is 10. The van der Waals surface area contributed by atoms with Crippen molar-refractivity contribution >= 4 is 11.4 Å². The Labute approximate surface area is 139 Å². The first-order valence-electron chi connectivity index (χ1n) is 8.30. The second-order valence-electron chi connectivity index (χ2n) is 5.95. The molecule has 0 heterocycles. The molecule has 2 rings (SSSR count). The van der Waals surface area contributed by atoms with Crippen LogP contribution < -0.4 is 16.5 Å². The van der Waals surface area contributed by atoms with Gasteiger partial charge in [-0.05, 0) is 50.8 Å². The largest absolute Gasteiger partial charge is 0.401 e. The molecule has 4 N–H and O–H groups in total. The van der Waals surface area contributed by atoms with Crippen LogP contribution in [0.15, 0.2) is 47.1 Å². The molecule has 1 aromatic carbocycles. The van der Waals surface area contributed by atoms with Crippen molar-refractivity contribution in [2.45, 2.75) is 44.7 Å². The molecule has 0 bridgehead atoms. The summed E-state index contributed by atoms with van der Waals surface area (Å²) in [5.41, 5.74) is 11.9. The Kier molecular flexibility index (Phi) is 7.26. The minimum atomic E-state index is 0.181. The van der Waals surface area contributed by atoms with Crippen LogP contribution in [0.4, 0.5) is 5.69 Å². The molecule has 1 aliphatic carbocycles. The van der Waals surface area contributed by atoms with Crippen molar-refractivity contribution in [1.82, 2.24) is 10.8 Å². The number of nitrogens with two attached hydrogens (primary N) is 1. The lowest BCUT2D eigenvalue weighted by atomic mass is 10.1. The third-order valence-electron chi connectivity index (χ3n) is 3.78. The van der Waals surface area contributed by atoms with Crippen molar-refractivity contribution in [3.8, 4) is 0 Å². The maximum absolute atomic E-state index is 6.26. The van der Waals surface area contributed by atoms with Gasteiger partial charge in [0.05, 0.1) is 12.8 Å². The number of hydrogen-bond donors (Lipinski definition) is 3. The summed E-state index contributed by atoms with van der Waals surface area (Å²) in [5, 5.41) is 3.52. The molecular formula is C18H28N4O. The zero-order valence-electron chi connectivity index (χ0n) is 14.1. The van der Waals surface area contributed by atoms with E-state index in [0.717, 1.165) is 36.5 Å². The van der Waals surface area contributed by atoms with E-state index in [1.807, 2.05) is 36.4 Å². The molecule has 1 fully saturated rings. The summed E-state index contributed by atoms with van der Waals surface area (Å²) in [6.07, 6.45) is 6.31. The molecule has 5 heteroatoms. The Balaban J connectivity index is 2.03. The fourth-order valence-electron chi connectivity index (χ4n) is 2.29. The molecule has 126 valence electrons. The van der Waals surface area contributed by atoms with E-state index in [1.54, 1.807) is 7.11 Å². The summed E-state index contributed by atoms with van der Waals surface area (Å²) in [7, 11) is 1.63. The first-order valence-corrected chi connectivity index (χ1v) is 8.30. The molecule has 5 nitrogen and oxygen atoms in total. The standard InChI is InChI=1S/C18H28N4O/c1-14(21-16-10-11-16)18(19)13-17(9-6-12-20-23-2)22-15-7-4-3-5-8-15/h3-5,7-8,13-14,16,20-21H,6,9-12,19H2,1-2H3/t14-/m1/s1. The number of aliphatic imine (C=N–C) groups is 1. The lowest BCUT2D eigenvalue weighted by molar-refractivity contribution is 0.0915. The van der Waals surface area contributed by atoms with E-state index < -0.39 is 0 Å². The lowest BCUT2D eigenvalue weighted by Crippen LogP contribution is -2.33. The van der Waals surface area contributed by atoms with E-state index in [4.69, 9.17) is 15.6 Å². The van der Waals surface area contributed by atoms with E-state index in [1.165, 1.54) is 12.8 Å². The average Bonchev–Trinajstić information content (AvgIpc) is 3.36. The van der Waals surface area contributed by atoms with Crippen LogP contribution in [0.2, 0.25) is 0 Å². The molecule has 1 aromatic rings. The van der Waals surface area contributed by atoms with Crippen molar-refractivity contribution in [3.63, 3.8) is 0 Å². The molecule has 23 heavy (non-hydrogen) atoms. The summed E-state index contributed by atoms with van der Waals surface area (Å²) >= 11 is 0. The monoisotopic (exact) mass is 316 g/mol. The van der Waals surface area contributed by atoms with Crippen LogP contribution in [-0.2, 0) is 4.84 Å². The zero-order chi connectivity index (χ0) is 16.5. The van der Waals surface area contributed by atoms with Crippen LogP contribution in [0.25, 0.3) is 0 Å². The molecule has 0 aromatic heterocycles. The van der Waals surface area contributed by atoms with Gasteiger partial charge in [0.15, 0.2) is 0 Å². The molecule has 1 aliphatic rings. The van der Waals surface area contributed by atoms with Crippen molar-refractivity contribution in [3.05, 3.63) is 42.1 Å². The van der Waals surface area contributed by atoms with Gasteiger partial charge in [0, 0.05) is 30.0 Å². The number of para-hydroxylation sites is 1. The van der Waals surface area contributed by atoms with Crippen molar-refractivity contribution in [1.29, 1.82) is 0 Å². The van der Waals surface area contributed by atoms with Gasteiger partial charge < -0.3 is 15.9 Å². The van der Waals surface area contributed by atoms with E-state index in [0.29, 0.717) is 6.04 Å². The highest BCUT2D eigenvalue weighted by Crippen LogP contribution is 2.20. The summed E-state index contributed by atoms with van der Waals surface area (Å²) in [6.45, 7) is 2.89. The van der Waals surface area contributed by atoms with Crippen LogP contribution in [0, 0.1) is 0 Å². The van der Waals surface area contributed by atoms with Crippen LogP contribution in [0.5, 0.6) is 0 Å². The lowest BCUT2D eigenvalue weighted by Gasteiger charge is -2.14. The van der Waals surface area contributed by atoms with Gasteiger partial charge in [-0.15, -0.1) is 0 Å². The van der Waals surface area contributed by atoms with Gasteiger partial charge >= 0.3 is 0 Å². The number of nitrogens with one attached hydrogen (secondary N) is 2. The summed E-state index contributed by atoms with van der Waals surface area (Å²) in [6, 6.07) is 10.8.